The van der Waals surface area contributed by atoms with E-state index in [2.05, 4.69) is 0 Å². The van der Waals surface area contributed by atoms with Crippen LogP contribution in [0.25, 0.3) is 6.08 Å². The van der Waals surface area contributed by atoms with Crippen LogP contribution in [0.3, 0.4) is 0 Å². The Morgan fingerprint density at radius 3 is 2.57 bits per heavy atom. The number of hydrogen-bond acceptors (Lipinski definition) is 1. The van der Waals surface area contributed by atoms with Gasteiger partial charge in [-0.3, -0.25) is 0 Å². The quantitative estimate of drug-likeness (QED) is 0.770. The van der Waals surface area contributed by atoms with Crippen molar-refractivity contribution in [2.45, 2.75) is 18.4 Å². The first-order valence-corrected chi connectivity index (χ1v) is 4.52. The molecule has 0 unspecified atom stereocenters. The molecule has 0 heterocycles. The Morgan fingerprint density at radius 2 is 2.00 bits per heavy atom. The maximum atomic E-state index is 13.1. The average Bonchev–Trinajstić information content (AvgIpc) is 2.83. The van der Waals surface area contributed by atoms with Crippen molar-refractivity contribution in [3.8, 4) is 0 Å². The Hall–Kier alpha value is -1.22. The van der Waals surface area contributed by atoms with Crippen LogP contribution in [0.5, 0.6) is 0 Å². The van der Waals surface area contributed by atoms with Gasteiger partial charge in [0.15, 0.2) is 0 Å². The van der Waals surface area contributed by atoms with Gasteiger partial charge in [0, 0.05) is 17.2 Å². The van der Waals surface area contributed by atoms with Gasteiger partial charge in [0.05, 0.1) is 0 Å². The van der Waals surface area contributed by atoms with Crippen LogP contribution in [0, 0.1) is 11.6 Å². The molecule has 0 bridgehead atoms. The molecular formula is C11H11F2N. The van der Waals surface area contributed by atoms with E-state index in [0.29, 0.717) is 5.56 Å². The van der Waals surface area contributed by atoms with Crippen molar-refractivity contribution in [3.05, 3.63) is 41.5 Å². The molecule has 0 radical (unpaired) electrons. The van der Waals surface area contributed by atoms with Gasteiger partial charge >= 0.3 is 0 Å². The van der Waals surface area contributed by atoms with Crippen LogP contribution < -0.4 is 5.73 Å². The van der Waals surface area contributed by atoms with Crippen LogP contribution in [-0.2, 0) is 0 Å². The van der Waals surface area contributed by atoms with Gasteiger partial charge in [-0.1, -0.05) is 12.2 Å². The summed E-state index contributed by atoms with van der Waals surface area (Å²) in [6.45, 7) is 0. The molecule has 0 saturated heterocycles. The number of hydrogen-bond donors (Lipinski definition) is 1. The van der Waals surface area contributed by atoms with E-state index in [1.54, 1.807) is 12.2 Å². The van der Waals surface area contributed by atoms with Gasteiger partial charge in [-0.15, -0.1) is 0 Å². The molecule has 14 heavy (non-hydrogen) atoms. The molecule has 1 aliphatic carbocycles. The summed E-state index contributed by atoms with van der Waals surface area (Å²) in [4.78, 5) is 0. The molecule has 1 nitrogen and oxygen atoms in total. The molecule has 0 aromatic heterocycles. The lowest BCUT2D eigenvalue weighted by Crippen LogP contribution is -2.17. The van der Waals surface area contributed by atoms with Crippen molar-refractivity contribution < 1.29 is 8.78 Å². The largest absolute Gasteiger partial charge is 0.322 e. The highest BCUT2D eigenvalue weighted by atomic mass is 19.1. The molecule has 0 aliphatic heterocycles. The molecule has 74 valence electrons. The summed E-state index contributed by atoms with van der Waals surface area (Å²) in [7, 11) is 0. The smallest absolute Gasteiger partial charge is 0.133 e. The van der Waals surface area contributed by atoms with Gasteiger partial charge < -0.3 is 5.73 Å². The molecule has 1 saturated carbocycles. The Labute approximate surface area is 81.2 Å². The fourth-order valence-electron chi connectivity index (χ4n) is 1.20. The van der Waals surface area contributed by atoms with Gasteiger partial charge in [-0.25, -0.2) is 8.78 Å². The lowest BCUT2D eigenvalue weighted by Gasteiger charge is -2.00. The predicted molar refractivity (Wildman–Crippen MR) is 51.5 cm³/mol. The zero-order valence-electron chi connectivity index (χ0n) is 7.63. The minimum atomic E-state index is -0.562. The molecule has 1 aliphatic rings. The summed E-state index contributed by atoms with van der Waals surface area (Å²) in [6, 6.07) is 3.52. The van der Waals surface area contributed by atoms with E-state index in [1.807, 2.05) is 0 Å². The van der Waals surface area contributed by atoms with Gasteiger partial charge in [0.1, 0.15) is 11.6 Å². The van der Waals surface area contributed by atoms with Gasteiger partial charge in [-0.05, 0) is 25.0 Å². The van der Waals surface area contributed by atoms with E-state index in [0.717, 1.165) is 18.9 Å². The summed E-state index contributed by atoms with van der Waals surface area (Å²) < 4.78 is 25.7. The third-order valence-corrected chi connectivity index (χ3v) is 2.38. The van der Waals surface area contributed by atoms with Crippen molar-refractivity contribution in [2.24, 2.45) is 5.73 Å². The maximum absolute atomic E-state index is 13.1. The van der Waals surface area contributed by atoms with E-state index < -0.39 is 11.6 Å². The fourth-order valence-corrected chi connectivity index (χ4v) is 1.20. The summed E-state index contributed by atoms with van der Waals surface area (Å²) in [5, 5.41) is 0. The van der Waals surface area contributed by atoms with Crippen LogP contribution in [-0.4, -0.2) is 5.54 Å². The second-order valence-corrected chi connectivity index (χ2v) is 3.73. The normalized spacial score (nSPS) is 18.8. The lowest BCUT2D eigenvalue weighted by molar-refractivity contribution is 0.581. The molecule has 2 N–H and O–H groups in total. The highest BCUT2D eigenvalue weighted by Crippen LogP contribution is 2.34. The van der Waals surface area contributed by atoms with Crippen molar-refractivity contribution in [1.82, 2.24) is 0 Å². The Morgan fingerprint density at radius 1 is 1.29 bits per heavy atom. The minimum absolute atomic E-state index is 0.249. The molecular weight excluding hydrogens is 184 g/mol. The average molecular weight is 195 g/mol. The van der Waals surface area contributed by atoms with E-state index in [9.17, 15) is 8.78 Å². The van der Waals surface area contributed by atoms with Gasteiger partial charge in [0.25, 0.3) is 0 Å². The molecule has 1 fully saturated rings. The Kier molecular flexibility index (Phi) is 2.11. The first kappa shape index (κ1) is 9.34. The van der Waals surface area contributed by atoms with Crippen molar-refractivity contribution in [2.75, 3.05) is 0 Å². The molecule has 3 heteroatoms. The predicted octanol–water partition coefficient (Wildman–Crippen LogP) is 2.47. The third kappa shape index (κ3) is 1.99. The fraction of sp³-hybridized carbons (Fsp3) is 0.273. The summed E-state index contributed by atoms with van der Waals surface area (Å²) in [5.41, 5.74) is 5.92. The second kappa shape index (κ2) is 3.17. The van der Waals surface area contributed by atoms with Gasteiger partial charge in [0.2, 0.25) is 0 Å². The minimum Gasteiger partial charge on any atom is -0.322 e. The monoisotopic (exact) mass is 195 g/mol. The van der Waals surface area contributed by atoms with Crippen molar-refractivity contribution in [3.63, 3.8) is 0 Å². The van der Waals surface area contributed by atoms with Crippen LogP contribution in [0.2, 0.25) is 0 Å². The number of halogens is 2. The summed E-state index contributed by atoms with van der Waals surface area (Å²) in [5.74, 6) is -1.11. The number of benzene rings is 1. The topological polar surface area (TPSA) is 26.0 Å². The third-order valence-electron chi connectivity index (χ3n) is 2.38. The maximum Gasteiger partial charge on any atom is 0.133 e. The lowest BCUT2D eigenvalue weighted by atomic mass is 10.1. The number of nitrogens with two attached hydrogens (primary N) is 1. The van der Waals surface area contributed by atoms with E-state index in [4.69, 9.17) is 5.73 Å². The van der Waals surface area contributed by atoms with Crippen LogP contribution >= 0.6 is 0 Å². The molecule has 0 atom stereocenters. The molecule has 1 aromatic rings. The standard InChI is InChI=1S/C11H11F2N/c12-9-2-1-8(10(13)7-9)3-4-11(14)5-6-11/h1-4,7H,5-6,14H2/b4-3+. The number of rotatable bonds is 2. The Bertz CT molecular complexity index is 381. The van der Waals surface area contributed by atoms with E-state index >= 15 is 0 Å². The molecule has 0 spiro atoms. The van der Waals surface area contributed by atoms with Gasteiger partial charge in [-0.2, -0.15) is 0 Å². The second-order valence-electron chi connectivity index (χ2n) is 3.73. The van der Waals surface area contributed by atoms with Crippen molar-refractivity contribution in [1.29, 1.82) is 0 Å². The SMILES string of the molecule is NC1(/C=C/c2ccc(F)cc2F)CC1. The highest BCUT2D eigenvalue weighted by molar-refractivity contribution is 5.52. The first-order chi connectivity index (χ1) is 6.59. The van der Waals surface area contributed by atoms with Crippen LogP contribution in [0.15, 0.2) is 24.3 Å². The van der Waals surface area contributed by atoms with E-state index in [1.165, 1.54) is 12.1 Å². The van der Waals surface area contributed by atoms with E-state index in [-0.39, 0.29) is 5.54 Å². The zero-order valence-corrected chi connectivity index (χ0v) is 7.63. The Balaban J connectivity index is 2.20. The van der Waals surface area contributed by atoms with Crippen LogP contribution in [0.1, 0.15) is 18.4 Å². The highest BCUT2D eigenvalue weighted by Gasteiger charge is 2.34. The first-order valence-electron chi connectivity index (χ1n) is 4.52. The molecule has 1 aromatic carbocycles. The van der Waals surface area contributed by atoms with Crippen LogP contribution in [0.4, 0.5) is 8.78 Å². The summed E-state index contributed by atoms with van der Waals surface area (Å²) in [6.07, 6.45) is 5.27. The summed E-state index contributed by atoms with van der Waals surface area (Å²) >= 11 is 0. The molecule has 2 rings (SSSR count). The zero-order chi connectivity index (χ0) is 10.2. The molecule has 0 amide bonds. The van der Waals surface area contributed by atoms with Crippen molar-refractivity contribution >= 4 is 6.08 Å².